The van der Waals surface area contributed by atoms with E-state index in [1.54, 1.807) is 54.6 Å². The van der Waals surface area contributed by atoms with Crippen molar-refractivity contribution in [3.05, 3.63) is 103 Å². The van der Waals surface area contributed by atoms with Crippen molar-refractivity contribution >= 4 is 40.7 Å². The van der Waals surface area contributed by atoms with Gasteiger partial charge in [0, 0.05) is 33.8 Å². The first-order valence-electron chi connectivity index (χ1n) is 8.80. The molecule has 0 saturated carbocycles. The van der Waals surface area contributed by atoms with Crippen LogP contribution in [0.2, 0.25) is 10.0 Å². The summed E-state index contributed by atoms with van der Waals surface area (Å²) in [6, 6.07) is 15.9. The van der Waals surface area contributed by atoms with Gasteiger partial charge in [0.1, 0.15) is 18.1 Å². The molecule has 1 heterocycles. The maximum Gasteiger partial charge on any atom is 0.269 e. The molecular formula is C22H13Cl2NO5. The van der Waals surface area contributed by atoms with Crippen molar-refractivity contribution in [1.82, 2.24) is 0 Å². The lowest BCUT2D eigenvalue weighted by molar-refractivity contribution is -0.384. The van der Waals surface area contributed by atoms with E-state index in [9.17, 15) is 14.9 Å². The molecule has 0 saturated heterocycles. The Morgan fingerprint density at radius 1 is 1.03 bits per heavy atom. The number of nitrogens with zero attached hydrogens (tertiary/aromatic N) is 1. The molecule has 3 aromatic carbocycles. The standard InChI is InChI=1S/C22H13Cl2NO5/c23-15-4-3-14(19(24)10-15)12-29-17-7-8-18-20(11-17)30-21(22(18)26)9-13-1-5-16(6-2-13)25(27)28/h1-11H,12H2. The van der Waals surface area contributed by atoms with Gasteiger partial charge in [0.25, 0.3) is 5.69 Å². The van der Waals surface area contributed by atoms with E-state index in [-0.39, 0.29) is 23.8 Å². The molecule has 4 rings (SSSR count). The molecule has 1 aliphatic rings. The van der Waals surface area contributed by atoms with E-state index in [0.29, 0.717) is 32.7 Å². The first kappa shape index (κ1) is 19.9. The summed E-state index contributed by atoms with van der Waals surface area (Å²) in [5, 5.41) is 11.8. The van der Waals surface area contributed by atoms with Crippen LogP contribution in [-0.4, -0.2) is 10.7 Å². The second-order valence-electron chi connectivity index (χ2n) is 6.47. The molecule has 6 nitrogen and oxygen atoms in total. The van der Waals surface area contributed by atoms with Gasteiger partial charge in [-0.15, -0.1) is 0 Å². The molecule has 0 atom stereocenters. The predicted octanol–water partition coefficient (Wildman–Crippen LogP) is 6.10. The third-order valence-corrected chi connectivity index (χ3v) is 5.04. The number of fused-ring (bicyclic) bond motifs is 1. The van der Waals surface area contributed by atoms with E-state index >= 15 is 0 Å². The maximum atomic E-state index is 12.6. The highest BCUT2D eigenvalue weighted by atomic mass is 35.5. The topological polar surface area (TPSA) is 78.7 Å². The summed E-state index contributed by atoms with van der Waals surface area (Å²) in [4.78, 5) is 22.8. The fraction of sp³-hybridized carbons (Fsp3) is 0.0455. The number of hydrogen-bond acceptors (Lipinski definition) is 5. The van der Waals surface area contributed by atoms with Crippen molar-refractivity contribution in [3.8, 4) is 11.5 Å². The average molecular weight is 442 g/mol. The number of nitro groups is 1. The lowest BCUT2D eigenvalue weighted by atomic mass is 10.1. The predicted molar refractivity (Wildman–Crippen MR) is 113 cm³/mol. The molecule has 0 radical (unpaired) electrons. The van der Waals surface area contributed by atoms with Crippen LogP contribution in [-0.2, 0) is 6.61 Å². The van der Waals surface area contributed by atoms with E-state index in [1.807, 2.05) is 0 Å². The Bertz CT molecular complexity index is 1190. The van der Waals surface area contributed by atoms with E-state index in [2.05, 4.69) is 0 Å². The average Bonchev–Trinajstić information content (AvgIpc) is 3.02. The summed E-state index contributed by atoms with van der Waals surface area (Å²) in [7, 11) is 0. The summed E-state index contributed by atoms with van der Waals surface area (Å²) in [6.45, 7) is 0.230. The Morgan fingerprint density at radius 2 is 1.80 bits per heavy atom. The van der Waals surface area contributed by atoms with Gasteiger partial charge in [-0.05, 0) is 48.0 Å². The van der Waals surface area contributed by atoms with Gasteiger partial charge < -0.3 is 9.47 Å². The number of Topliss-reactive ketones (excluding diaryl/α,β-unsaturated/α-hetero) is 1. The molecule has 3 aromatic rings. The van der Waals surface area contributed by atoms with Gasteiger partial charge in [0.2, 0.25) is 5.78 Å². The number of ether oxygens (including phenoxy) is 2. The van der Waals surface area contributed by atoms with Crippen LogP contribution >= 0.6 is 23.2 Å². The van der Waals surface area contributed by atoms with Gasteiger partial charge in [0.15, 0.2) is 5.76 Å². The SMILES string of the molecule is O=C1C(=Cc2ccc([N+](=O)[O-])cc2)Oc2cc(OCc3ccc(Cl)cc3Cl)ccc21. The van der Waals surface area contributed by atoms with Gasteiger partial charge in [-0.1, -0.05) is 29.3 Å². The number of non-ortho nitro benzene ring substituents is 1. The van der Waals surface area contributed by atoms with Gasteiger partial charge in [-0.25, -0.2) is 0 Å². The lowest BCUT2D eigenvalue weighted by Crippen LogP contribution is -1.98. The number of benzene rings is 3. The molecule has 30 heavy (non-hydrogen) atoms. The number of carbonyl (C=O) groups is 1. The first-order chi connectivity index (χ1) is 14.4. The Hall–Kier alpha value is -3.35. The number of halogens is 2. The third-order valence-electron chi connectivity index (χ3n) is 4.45. The van der Waals surface area contributed by atoms with Crippen LogP contribution in [0.1, 0.15) is 21.5 Å². The maximum absolute atomic E-state index is 12.6. The van der Waals surface area contributed by atoms with Crippen LogP contribution in [0.4, 0.5) is 5.69 Å². The minimum absolute atomic E-state index is 0.0262. The minimum Gasteiger partial charge on any atom is -0.489 e. The van der Waals surface area contributed by atoms with Crippen LogP contribution in [0.5, 0.6) is 11.5 Å². The summed E-state index contributed by atoms with van der Waals surface area (Å²) in [5.41, 5.74) is 1.78. The summed E-state index contributed by atoms with van der Waals surface area (Å²) >= 11 is 12.0. The molecule has 1 aliphatic heterocycles. The summed E-state index contributed by atoms with van der Waals surface area (Å²) < 4.78 is 11.4. The second-order valence-corrected chi connectivity index (χ2v) is 7.31. The Balaban J connectivity index is 1.50. The minimum atomic E-state index is -0.483. The summed E-state index contributed by atoms with van der Waals surface area (Å²) in [6.07, 6.45) is 1.54. The second kappa shape index (κ2) is 8.18. The smallest absolute Gasteiger partial charge is 0.269 e. The van der Waals surface area contributed by atoms with E-state index in [0.717, 1.165) is 5.56 Å². The molecule has 150 valence electrons. The zero-order valence-corrected chi connectivity index (χ0v) is 16.8. The van der Waals surface area contributed by atoms with E-state index < -0.39 is 4.92 Å². The Labute approximate surface area is 181 Å². The number of nitro benzene ring substituents is 1. The first-order valence-corrected chi connectivity index (χ1v) is 9.56. The van der Waals surface area contributed by atoms with Crippen molar-refractivity contribution in [1.29, 1.82) is 0 Å². The van der Waals surface area contributed by atoms with Crippen molar-refractivity contribution in [2.45, 2.75) is 6.61 Å². The van der Waals surface area contributed by atoms with Gasteiger partial charge in [-0.3, -0.25) is 14.9 Å². The molecule has 0 spiro atoms. The van der Waals surface area contributed by atoms with Crippen molar-refractivity contribution in [2.24, 2.45) is 0 Å². The molecule has 8 heteroatoms. The Kier molecular flexibility index (Phi) is 5.44. The normalized spacial score (nSPS) is 13.8. The molecular weight excluding hydrogens is 429 g/mol. The monoisotopic (exact) mass is 441 g/mol. The van der Waals surface area contributed by atoms with Gasteiger partial charge in [-0.2, -0.15) is 0 Å². The zero-order chi connectivity index (χ0) is 21.3. The van der Waals surface area contributed by atoms with Crippen molar-refractivity contribution in [2.75, 3.05) is 0 Å². The highest BCUT2D eigenvalue weighted by Gasteiger charge is 2.27. The molecule has 0 aliphatic carbocycles. The number of rotatable bonds is 5. The molecule has 0 amide bonds. The van der Waals surface area contributed by atoms with Crippen LogP contribution in [0.15, 0.2) is 66.4 Å². The number of hydrogen-bond donors (Lipinski definition) is 0. The van der Waals surface area contributed by atoms with E-state index in [1.165, 1.54) is 12.1 Å². The third kappa shape index (κ3) is 4.15. The quantitative estimate of drug-likeness (QED) is 0.271. The van der Waals surface area contributed by atoms with Crippen LogP contribution in [0.25, 0.3) is 6.08 Å². The van der Waals surface area contributed by atoms with Crippen molar-refractivity contribution in [3.63, 3.8) is 0 Å². The van der Waals surface area contributed by atoms with Crippen LogP contribution < -0.4 is 9.47 Å². The number of carbonyl (C=O) groups excluding carboxylic acids is 1. The van der Waals surface area contributed by atoms with Gasteiger partial charge >= 0.3 is 0 Å². The molecule has 0 unspecified atom stereocenters. The Morgan fingerprint density at radius 3 is 2.50 bits per heavy atom. The molecule has 0 bridgehead atoms. The highest BCUT2D eigenvalue weighted by molar-refractivity contribution is 6.35. The fourth-order valence-electron chi connectivity index (χ4n) is 2.90. The van der Waals surface area contributed by atoms with Gasteiger partial charge in [0.05, 0.1) is 10.5 Å². The van der Waals surface area contributed by atoms with E-state index in [4.69, 9.17) is 32.7 Å². The summed E-state index contributed by atoms with van der Waals surface area (Å²) in [5.74, 6) is 0.768. The number of allylic oxidation sites excluding steroid dienone is 1. The van der Waals surface area contributed by atoms with Crippen LogP contribution in [0.3, 0.4) is 0 Å². The zero-order valence-electron chi connectivity index (χ0n) is 15.3. The highest BCUT2D eigenvalue weighted by Crippen LogP contribution is 2.35. The van der Waals surface area contributed by atoms with Crippen molar-refractivity contribution < 1.29 is 19.2 Å². The molecule has 0 aromatic heterocycles. The molecule has 0 N–H and O–H groups in total. The number of ketones is 1. The largest absolute Gasteiger partial charge is 0.489 e. The van der Waals surface area contributed by atoms with Crippen LogP contribution in [0, 0.1) is 10.1 Å². The molecule has 0 fully saturated rings. The fourth-order valence-corrected chi connectivity index (χ4v) is 3.36. The lowest BCUT2D eigenvalue weighted by Gasteiger charge is -2.09.